The summed E-state index contributed by atoms with van der Waals surface area (Å²) in [7, 11) is 0. The summed E-state index contributed by atoms with van der Waals surface area (Å²) in [6.07, 6.45) is 0. The van der Waals surface area contributed by atoms with E-state index in [0.717, 1.165) is 17.4 Å². The van der Waals surface area contributed by atoms with Gasteiger partial charge < -0.3 is 0 Å². The van der Waals surface area contributed by atoms with Gasteiger partial charge in [0.2, 0.25) is 0 Å². The van der Waals surface area contributed by atoms with Gasteiger partial charge in [-0.1, -0.05) is 0 Å². The molecule has 0 aliphatic heterocycles. The van der Waals surface area contributed by atoms with Crippen LogP contribution in [-0.4, -0.2) is 4.98 Å². The van der Waals surface area contributed by atoms with Gasteiger partial charge in [0.15, 0.2) is 17.5 Å². The molecule has 2 aromatic rings. The lowest BCUT2D eigenvalue weighted by molar-refractivity contribution is 0.453. The number of rotatable bonds is 0. The highest BCUT2D eigenvalue weighted by Crippen LogP contribution is 2.24. The van der Waals surface area contributed by atoms with E-state index in [1.807, 2.05) is 0 Å². The molecule has 0 aliphatic rings. The van der Waals surface area contributed by atoms with Crippen LogP contribution in [0, 0.1) is 17.5 Å². The summed E-state index contributed by atoms with van der Waals surface area (Å²) in [4.78, 5) is 3.56. The van der Waals surface area contributed by atoms with Gasteiger partial charge in [-0.3, -0.25) is 0 Å². The monoisotopic (exact) mass is 189 g/mol. The third-order valence-electron chi connectivity index (χ3n) is 1.46. The fraction of sp³-hybridized carbons (Fsp3) is 0. The van der Waals surface area contributed by atoms with Gasteiger partial charge in [0.05, 0.1) is 10.2 Å². The topological polar surface area (TPSA) is 12.9 Å². The number of fused-ring (bicyclic) bond motifs is 1. The maximum absolute atomic E-state index is 12.8. The highest BCUT2D eigenvalue weighted by molar-refractivity contribution is 7.16. The van der Waals surface area contributed by atoms with Gasteiger partial charge in [0.25, 0.3) is 0 Å². The van der Waals surface area contributed by atoms with Gasteiger partial charge in [0, 0.05) is 0 Å². The first kappa shape index (κ1) is 7.54. The largest absolute Gasteiger partial charge is 0.241 e. The third kappa shape index (κ3) is 0.896. The molecule has 62 valence electrons. The molecule has 0 amide bonds. The van der Waals surface area contributed by atoms with Crippen LogP contribution in [0.3, 0.4) is 0 Å². The zero-order chi connectivity index (χ0) is 8.72. The van der Waals surface area contributed by atoms with E-state index in [0.29, 0.717) is 4.70 Å². The van der Waals surface area contributed by atoms with E-state index in [1.165, 1.54) is 5.51 Å². The maximum atomic E-state index is 12.8. The standard InChI is InChI=1S/C7H2F3NS/c8-3-1-4-7(11-2-12-4)6(10)5(3)9/h1-2H. The molecule has 1 heterocycles. The van der Waals surface area contributed by atoms with Gasteiger partial charge in [-0.15, -0.1) is 11.3 Å². The average molecular weight is 189 g/mol. The van der Waals surface area contributed by atoms with Crippen LogP contribution >= 0.6 is 11.3 Å². The Labute approximate surface area is 69.5 Å². The van der Waals surface area contributed by atoms with Crippen LogP contribution in [0.25, 0.3) is 10.2 Å². The molecule has 2 rings (SSSR count). The summed E-state index contributed by atoms with van der Waals surface area (Å²) in [5.74, 6) is -3.86. The molecule has 1 aromatic heterocycles. The first-order chi connectivity index (χ1) is 5.70. The lowest BCUT2D eigenvalue weighted by atomic mass is 10.3. The molecule has 0 aliphatic carbocycles. The van der Waals surface area contributed by atoms with Gasteiger partial charge in [0.1, 0.15) is 5.52 Å². The molecule has 0 saturated carbocycles. The Balaban J connectivity index is 2.94. The lowest BCUT2D eigenvalue weighted by Crippen LogP contribution is -1.90. The molecule has 0 spiro atoms. The second-order valence-corrected chi connectivity index (χ2v) is 3.07. The van der Waals surface area contributed by atoms with Crippen molar-refractivity contribution in [3.05, 3.63) is 29.0 Å². The van der Waals surface area contributed by atoms with Crippen LogP contribution in [-0.2, 0) is 0 Å². The van der Waals surface area contributed by atoms with E-state index in [1.54, 1.807) is 0 Å². The maximum Gasteiger partial charge on any atom is 0.196 e. The van der Waals surface area contributed by atoms with Crippen LogP contribution in [0.2, 0.25) is 0 Å². The van der Waals surface area contributed by atoms with Crippen molar-refractivity contribution in [3.8, 4) is 0 Å². The number of halogens is 3. The fourth-order valence-corrected chi connectivity index (χ4v) is 1.61. The highest BCUT2D eigenvalue weighted by atomic mass is 32.1. The molecule has 1 aromatic carbocycles. The van der Waals surface area contributed by atoms with Crippen LogP contribution in [0.5, 0.6) is 0 Å². The Bertz CT molecular complexity index is 437. The molecule has 0 unspecified atom stereocenters. The normalized spacial score (nSPS) is 10.9. The minimum Gasteiger partial charge on any atom is -0.241 e. The summed E-state index contributed by atoms with van der Waals surface area (Å²) < 4.78 is 38.2. The Morgan fingerprint density at radius 2 is 1.92 bits per heavy atom. The zero-order valence-electron chi connectivity index (χ0n) is 5.64. The van der Waals surface area contributed by atoms with E-state index >= 15 is 0 Å². The Kier molecular flexibility index (Phi) is 1.54. The third-order valence-corrected chi connectivity index (χ3v) is 2.24. The molecule has 0 bridgehead atoms. The van der Waals surface area contributed by atoms with E-state index < -0.39 is 17.5 Å². The number of nitrogens with zero attached hydrogens (tertiary/aromatic N) is 1. The predicted molar refractivity (Wildman–Crippen MR) is 39.5 cm³/mol. The van der Waals surface area contributed by atoms with Crippen molar-refractivity contribution >= 4 is 21.6 Å². The number of thiazole rings is 1. The van der Waals surface area contributed by atoms with Crippen molar-refractivity contribution in [2.24, 2.45) is 0 Å². The van der Waals surface area contributed by atoms with Gasteiger partial charge in [-0.25, -0.2) is 18.2 Å². The number of aromatic nitrogens is 1. The first-order valence-electron chi connectivity index (χ1n) is 3.07. The molecule has 12 heavy (non-hydrogen) atoms. The van der Waals surface area contributed by atoms with Gasteiger partial charge >= 0.3 is 0 Å². The lowest BCUT2D eigenvalue weighted by Gasteiger charge is -1.94. The molecule has 0 atom stereocenters. The second kappa shape index (κ2) is 2.45. The van der Waals surface area contributed by atoms with Crippen LogP contribution in [0.1, 0.15) is 0 Å². The van der Waals surface area contributed by atoms with E-state index in [-0.39, 0.29) is 5.52 Å². The van der Waals surface area contributed by atoms with E-state index in [4.69, 9.17) is 0 Å². The zero-order valence-corrected chi connectivity index (χ0v) is 6.46. The molecule has 0 radical (unpaired) electrons. The van der Waals surface area contributed by atoms with Crippen molar-refractivity contribution in [3.63, 3.8) is 0 Å². The Hall–Kier alpha value is -1.10. The fourth-order valence-electron chi connectivity index (χ4n) is 0.910. The minimum atomic E-state index is -1.46. The van der Waals surface area contributed by atoms with Crippen molar-refractivity contribution in [2.75, 3.05) is 0 Å². The van der Waals surface area contributed by atoms with Crippen LogP contribution in [0.15, 0.2) is 11.6 Å². The molecule has 5 heteroatoms. The van der Waals surface area contributed by atoms with Crippen molar-refractivity contribution in [1.29, 1.82) is 0 Å². The molecule has 1 nitrogen and oxygen atoms in total. The van der Waals surface area contributed by atoms with Crippen molar-refractivity contribution in [2.45, 2.75) is 0 Å². The SMILES string of the molecule is Fc1cc2scnc2c(F)c1F. The van der Waals surface area contributed by atoms with E-state index in [9.17, 15) is 13.2 Å². The predicted octanol–water partition coefficient (Wildman–Crippen LogP) is 2.71. The summed E-state index contributed by atoms with van der Waals surface area (Å²) in [6, 6.07) is 0.936. The summed E-state index contributed by atoms with van der Waals surface area (Å²) in [5, 5.41) is 0. The van der Waals surface area contributed by atoms with Crippen LogP contribution in [0.4, 0.5) is 13.2 Å². The second-order valence-electron chi connectivity index (χ2n) is 2.19. The summed E-state index contributed by atoms with van der Waals surface area (Å²) in [6.45, 7) is 0. The summed E-state index contributed by atoms with van der Waals surface area (Å²) >= 11 is 1.07. The molecule has 0 N–H and O–H groups in total. The van der Waals surface area contributed by atoms with Crippen molar-refractivity contribution < 1.29 is 13.2 Å². The Morgan fingerprint density at radius 1 is 1.17 bits per heavy atom. The smallest absolute Gasteiger partial charge is 0.196 e. The van der Waals surface area contributed by atoms with E-state index in [2.05, 4.69) is 4.98 Å². The quantitative estimate of drug-likeness (QED) is 0.580. The molecular formula is C7H2F3NS. The molecular weight excluding hydrogens is 187 g/mol. The van der Waals surface area contributed by atoms with Crippen LogP contribution < -0.4 is 0 Å². The van der Waals surface area contributed by atoms with Crippen molar-refractivity contribution in [1.82, 2.24) is 4.98 Å². The summed E-state index contributed by atoms with van der Waals surface area (Å²) in [5.41, 5.74) is 1.23. The molecule has 0 fully saturated rings. The molecule has 0 saturated heterocycles. The first-order valence-corrected chi connectivity index (χ1v) is 3.95. The Morgan fingerprint density at radius 3 is 2.67 bits per heavy atom. The minimum absolute atomic E-state index is 0.112. The number of hydrogen-bond acceptors (Lipinski definition) is 2. The highest BCUT2D eigenvalue weighted by Gasteiger charge is 2.14. The van der Waals surface area contributed by atoms with Gasteiger partial charge in [-0.05, 0) is 6.07 Å². The average Bonchev–Trinajstić information content (AvgIpc) is 2.48. The van der Waals surface area contributed by atoms with Gasteiger partial charge in [-0.2, -0.15) is 0 Å². The number of benzene rings is 1. The number of hydrogen-bond donors (Lipinski definition) is 0.